The van der Waals surface area contributed by atoms with E-state index in [-0.39, 0.29) is 6.92 Å². The molecule has 40 heavy (non-hydrogen) atoms. The summed E-state index contributed by atoms with van der Waals surface area (Å²) in [7, 11) is -1.15. The summed E-state index contributed by atoms with van der Waals surface area (Å²) in [6.07, 6.45) is 2.84. The van der Waals surface area contributed by atoms with Crippen molar-refractivity contribution >= 4 is 81.3 Å². The van der Waals surface area contributed by atoms with Gasteiger partial charge in [0, 0.05) is 25.5 Å². The fourth-order valence-electron chi connectivity index (χ4n) is 2.21. The van der Waals surface area contributed by atoms with Crippen LogP contribution < -0.4 is 21.8 Å². The maximum atomic E-state index is 10.1. The minimum atomic E-state index is -0.619. The summed E-state index contributed by atoms with van der Waals surface area (Å²) < 4.78 is 3.10. The van der Waals surface area contributed by atoms with Crippen LogP contribution in [0, 0.1) is 0 Å². The quantitative estimate of drug-likeness (QED) is 0.0753. The molecule has 0 amide bonds. The molecule has 8 N–H and O–H groups in total. The van der Waals surface area contributed by atoms with Gasteiger partial charge in [-0.15, -0.1) is 0 Å². The van der Waals surface area contributed by atoms with E-state index in [4.69, 9.17) is 20.8 Å². The second kappa shape index (κ2) is 23.9. The predicted octanol–water partition coefficient (Wildman–Crippen LogP) is 4.00. The highest BCUT2D eigenvalue weighted by Crippen LogP contribution is 2.10. The van der Waals surface area contributed by atoms with Gasteiger partial charge in [0.25, 0.3) is 6.92 Å². The Morgan fingerprint density at radius 1 is 0.775 bits per heavy atom. The van der Waals surface area contributed by atoms with Gasteiger partial charge in [-0.2, -0.15) is 5.10 Å². The molecule has 3 aromatic carbocycles. The third kappa shape index (κ3) is 23.0. The minimum Gasteiger partial charge on any atom is -0.449 e. The van der Waals surface area contributed by atoms with E-state index < -0.39 is 14.1 Å². The third-order valence-electron chi connectivity index (χ3n) is 4.21. The largest absolute Gasteiger partial charge is 0.449 e. The number of hydrogen-bond acceptors (Lipinski definition) is 9. The zero-order chi connectivity index (χ0) is 30.3. The van der Waals surface area contributed by atoms with E-state index in [1.807, 2.05) is 60.7 Å². The fourth-order valence-corrected chi connectivity index (χ4v) is 3.01. The van der Waals surface area contributed by atoms with E-state index in [0.29, 0.717) is 18.6 Å². The molecular weight excluding hydrogens is 706 g/mol. The molecule has 9 nitrogen and oxygen atoms in total. The molecule has 15 heteroatoms. The van der Waals surface area contributed by atoms with Crippen LogP contribution in [0.15, 0.2) is 91.3 Å². The number of nitrogens with two attached hydrogens (primary N) is 1. The number of hydrazone groups is 1. The number of rotatable bonds is 9. The Morgan fingerprint density at radius 3 is 1.57 bits per heavy atom. The van der Waals surface area contributed by atoms with Crippen molar-refractivity contribution in [2.45, 2.75) is 27.0 Å². The molecular formula is C25H35B3Br3N5O4. The van der Waals surface area contributed by atoms with Gasteiger partial charge in [-0.25, -0.2) is 0 Å². The van der Waals surface area contributed by atoms with Crippen molar-refractivity contribution < 1.29 is 19.9 Å². The van der Waals surface area contributed by atoms with Crippen molar-refractivity contribution in [3.05, 3.63) is 103 Å². The van der Waals surface area contributed by atoms with Crippen LogP contribution in [0.5, 0.6) is 0 Å². The van der Waals surface area contributed by atoms with Crippen LogP contribution in [0.3, 0.4) is 0 Å². The number of carbonyl (C=O) groups is 1. The van der Waals surface area contributed by atoms with Crippen molar-refractivity contribution in [2.24, 2.45) is 10.8 Å². The summed E-state index contributed by atoms with van der Waals surface area (Å²) in [5.41, 5.74) is 10.7. The number of aldehydes is 1. The lowest BCUT2D eigenvalue weighted by Crippen LogP contribution is -2.41. The van der Waals surface area contributed by atoms with Crippen LogP contribution in [0.25, 0.3) is 0 Å². The normalized spacial score (nSPS) is 9.65. The van der Waals surface area contributed by atoms with Gasteiger partial charge in [-0.05, 0) is 67.6 Å². The molecule has 0 atom stereocenters. The highest BCUT2D eigenvalue weighted by atomic mass is 79.9. The van der Waals surface area contributed by atoms with Gasteiger partial charge >= 0.3 is 14.1 Å². The molecule has 0 saturated carbocycles. The van der Waals surface area contributed by atoms with Crippen molar-refractivity contribution in [1.29, 1.82) is 0 Å². The van der Waals surface area contributed by atoms with Crippen molar-refractivity contribution in [3.63, 3.8) is 0 Å². The Hall–Kier alpha value is -1.81. The summed E-state index contributed by atoms with van der Waals surface area (Å²) in [5, 5.41) is 35.0. The predicted molar refractivity (Wildman–Crippen MR) is 179 cm³/mol. The first kappa shape index (κ1) is 38.2. The highest BCUT2D eigenvalue weighted by molar-refractivity contribution is 9.11. The maximum absolute atomic E-state index is 10.1. The van der Waals surface area contributed by atoms with Gasteiger partial charge in [0.05, 0.1) is 6.21 Å². The second-order valence-electron chi connectivity index (χ2n) is 8.17. The SMILES string of the molecule is CB(O)CN.CB(O)N/N=C\c1ccc(Br)cc1.CB(O)NNCc1ccc(Br)cc1.O=Cc1ccc(Br)cc1. The third-order valence-corrected chi connectivity index (χ3v) is 5.79. The van der Waals surface area contributed by atoms with Gasteiger partial charge in [0.1, 0.15) is 6.29 Å². The van der Waals surface area contributed by atoms with Gasteiger partial charge in [-0.1, -0.05) is 91.0 Å². The minimum absolute atomic E-state index is 0.338. The van der Waals surface area contributed by atoms with Crippen LogP contribution in [0.1, 0.15) is 21.5 Å². The molecule has 214 valence electrons. The van der Waals surface area contributed by atoms with Crippen LogP contribution in [0.2, 0.25) is 20.5 Å². The zero-order valence-corrected chi connectivity index (χ0v) is 27.4. The van der Waals surface area contributed by atoms with Crippen molar-refractivity contribution in [3.8, 4) is 0 Å². The molecule has 3 rings (SSSR count). The summed E-state index contributed by atoms with van der Waals surface area (Å²) in [6.45, 7) is 5.28. The molecule has 0 aromatic heterocycles. The maximum Gasteiger partial charge on any atom is 0.423 e. The van der Waals surface area contributed by atoms with Crippen molar-refractivity contribution in [2.75, 3.05) is 6.44 Å². The Balaban J connectivity index is 0.000000533. The molecule has 0 unspecified atom stereocenters. The molecule has 0 aliphatic heterocycles. The van der Waals surface area contributed by atoms with E-state index in [0.717, 1.165) is 30.8 Å². The number of nitrogens with one attached hydrogen (secondary N) is 3. The van der Waals surface area contributed by atoms with Crippen LogP contribution in [0.4, 0.5) is 0 Å². The molecule has 3 aromatic rings. The lowest BCUT2D eigenvalue weighted by Gasteiger charge is -2.06. The smallest absolute Gasteiger partial charge is 0.423 e. The van der Waals surface area contributed by atoms with Crippen LogP contribution >= 0.6 is 47.8 Å². The molecule has 0 aliphatic rings. The number of halogens is 3. The summed E-state index contributed by atoms with van der Waals surface area (Å²) >= 11 is 9.96. The Kier molecular flexibility index (Phi) is 22.8. The standard InChI is InChI=1S/C8H12BBrN2O.C8H10BBrN2O.C7H5BrO.C2H8BNO/c2*1-9(13)12-11-6-7-2-4-8(10)5-3-7;8-7-3-1-6(5-9)2-4-7;1-3(5)2-4/h2-5,11-13H,6H2,1H3;2-6,12-13H,1H3;1-5H;5H,2,4H2,1H3/b;11-6-;;. The second-order valence-corrected chi connectivity index (χ2v) is 10.9. The molecule has 0 saturated heterocycles. The lowest BCUT2D eigenvalue weighted by atomic mass is 9.73. The summed E-state index contributed by atoms with van der Waals surface area (Å²) in [6, 6.07) is 22.9. The molecule has 0 fully saturated rings. The van der Waals surface area contributed by atoms with Crippen molar-refractivity contribution in [1.82, 2.24) is 16.1 Å². The van der Waals surface area contributed by atoms with E-state index in [2.05, 4.69) is 69.0 Å². The Labute approximate surface area is 263 Å². The monoisotopic (exact) mass is 739 g/mol. The summed E-state index contributed by atoms with van der Waals surface area (Å²) in [5.74, 6) is 0. The number of hydrazine groups is 1. The first-order chi connectivity index (χ1) is 19.0. The van der Waals surface area contributed by atoms with E-state index >= 15 is 0 Å². The first-order valence-corrected chi connectivity index (χ1v) is 14.6. The van der Waals surface area contributed by atoms with Crippen LogP contribution in [-0.4, -0.2) is 55.0 Å². The van der Waals surface area contributed by atoms with E-state index in [1.54, 1.807) is 38.8 Å². The number of hydrogen-bond donors (Lipinski definition) is 7. The highest BCUT2D eigenvalue weighted by Gasteiger charge is 1.99. The first-order valence-electron chi connectivity index (χ1n) is 12.2. The van der Waals surface area contributed by atoms with E-state index in [1.165, 1.54) is 0 Å². The number of carbonyl (C=O) groups excluding carboxylic acids is 1. The van der Waals surface area contributed by atoms with Gasteiger partial charge in [0.15, 0.2) is 0 Å². The summed E-state index contributed by atoms with van der Waals surface area (Å²) in [4.78, 5) is 10.1. The Bertz CT molecular complexity index is 1080. The average molecular weight is 742 g/mol. The van der Waals surface area contributed by atoms with Crippen LogP contribution in [-0.2, 0) is 6.54 Å². The topological polar surface area (TPSA) is 152 Å². The lowest BCUT2D eigenvalue weighted by molar-refractivity contribution is 0.112. The molecule has 0 spiro atoms. The van der Waals surface area contributed by atoms with Gasteiger partial charge in [-0.3, -0.25) is 15.6 Å². The van der Waals surface area contributed by atoms with E-state index in [9.17, 15) is 4.79 Å². The Morgan fingerprint density at radius 2 is 1.20 bits per heavy atom. The molecule has 0 radical (unpaired) electrons. The number of benzene rings is 3. The van der Waals surface area contributed by atoms with Gasteiger partial charge < -0.3 is 26.1 Å². The zero-order valence-electron chi connectivity index (χ0n) is 22.6. The number of nitrogens with zero attached hydrogens (tertiary/aromatic N) is 1. The fraction of sp³-hybridized carbons (Fsp3) is 0.200. The average Bonchev–Trinajstić information content (AvgIpc) is 2.92. The molecule has 0 aliphatic carbocycles. The molecule has 0 heterocycles. The molecule has 0 bridgehead atoms. The van der Waals surface area contributed by atoms with Gasteiger partial charge in [0.2, 0.25) is 0 Å².